The summed E-state index contributed by atoms with van der Waals surface area (Å²) in [5.41, 5.74) is 5.46. The number of piperazine rings is 1. The molecule has 4 rings (SSSR count). The Labute approximate surface area is 160 Å². The molecule has 0 bridgehead atoms. The maximum Gasteiger partial charge on any atom is 0.417 e. The highest BCUT2D eigenvalue weighted by Crippen LogP contribution is 2.36. The van der Waals surface area contributed by atoms with Gasteiger partial charge in [0.25, 0.3) is 0 Å². The van der Waals surface area contributed by atoms with Crippen molar-refractivity contribution in [1.82, 2.24) is 20.7 Å². The molecule has 3 aliphatic rings. The van der Waals surface area contributed by atoms with Crippen LogP contribution in [0.2, 0.25) is 5.02 Å². The molecule has 2 N–H and O–H groups in total. The Kier molecular flexibility index (Phi) is 4.94. The number of hydrogen-bond donors (Lipinski definition) is 2. The van der Waals surface area contributed by atoms with Crippen molar-refractivity contribution in [1.29, 1.82) is 0 Å². The minimum Gasteiger partial charge on any atom is -0.352 e. The zero-order valence-corrected chi connectivity index (χ0v) is 15.4. The van der Waals surface area contributed by atoms with Crippen LogP contribution in [0.1, 0.15) is 24.8 Å². The van der Waals surface area contributed by atoms with Crippen molar-refractivity contribution < 1.29 is 18.0 Å². The average Bonchev–Trinajstić information content (AvgIpc) is 3.37. The Balaban J connectivity index is 1.34. The van der Waals surface area contributed by atoms with E-state index in [-0.39, 0.29) is 17.0 Å². The molecule has 0 spiro atoms. The number of aromatic nitrogens is 1. The number of alkyl halides is 3. The number of nitrogens with zero attached hydrogens (tertiary/aromatic N) is 3. The van der Waals surface area contributed by atoms with E-state index >= 15 is 0 Å². The monoisotopic (exact) mass is 403 g/mol. The van der Waals surface area contributed by atoms with Crippen LogP contribution in [0.3, 0.4) is 0 Å². The number of anilines is 1. The van der Waals surface area contributed by atoms with Gasteiger partial charge in [-0.3, -0.25) is 10.2 Å². The van der Waals surface area contributed by atoms with Crippen molar-refractivity contribution in [3.8, 4) is 0 Å². The standard InChI is InChI=1S/C17H21ClF3N5O/c18-12-7-11(17(19,20)21)9-22-15(12)25-3-5-26(6-4-25)16(27)14-8-13(23-24-14)10-1-2-10/h7,9-10,13-14,23-24H,1-6,8H2. The van der Waals surface area contributed by atoms with Crippen LogP contribution in [0, 0.1) is 5.92 Å². The smallest absolute Gasteiger partial charge is 0.352 e. The molecule has 1 amide bonds. The predicted octanol–water partition coefficient (Wildman–Crippen LogP) is 2.05. The highest BCUT2D eigenvalue weighted by Gasteiger charge is 2.40. The van der Waals surface area contributed by atoms with Crippen molar-refractivity contribution >= 4 is 23.3 Å². The number of carbonyl (C=O) groups is 1. The van der Waals surface area contributed by atoms with Gasteiger partial charge in [0.15, 0.2) is 0 Å². The first kappa shape index (κ1) is 18.8. The van der Waals surface area contributed by atoms with Crippen LogP contribution in [0.4, 0.5) is 19.0 Å². The molecule has 10 heteroatoms. The summed E-state index contributed by atoms with van der Waals surface area (Å²) in [5.74, 6) is 1.07. The largest absolute Gasteiger partial charge is 0.417 e. The molecule has 1 aliphatic carbocycles. The molecule has 148 valence electrons. The third kappa shape index (κ3) is 4.00. The number of nitrogens with one attached hydrogen (secondary N) is 2. The molecule has 2 atom stereocenters. The van der Waals surface area contributed by atoms with E-state index in [4.69, 9.17) is 11.6 Å². The summed E-state index contributed by atoms with van der Waals surface area (Å²) in [6.07, 6.45) is -0.429. The zero-order valence-electron chi connectivity index (χ0n) is 14.6. The minimum atomic E-state index is -4.47. The van der Waals surface area contributed by atoms with Crippen molar-refractivity contribution in [3.63, 3.8) is 0 Å². The molecule has 0 aromatic carbocycles. The van der Waals surface area contributed by atoms with E-state index in [0.717, 1.165) is 18.7 Å². The Morgan fingerprint density at radius 1 is 1.19 bits per heavy atom. The van der Waals surface area contributed by atoms with Crippen LogP contribution in [-0.2, 0) is 11.0 Å². The first-order chi connectivity index (χ1) is 12.8. The SMILES string of the molecule is O=C(C1CC(C2CC2)NN1)N1CCN(c2ncc(C(F)(F)F)cc2Cl)CC1. The van der Waals surface area contributed by atoms with Crippen LogP contribution in [0.15, 0.2) is 12.3 Å². The molecular weight excluding hydrogens is 383 g/mol. The van der Waals surface area contributed by atoms with E-state index in [1.54, 1.807) is 4.90 Å². The molecule has 6 nitrogen and oxygen atoms in total. The van der Waals surface area contributed by atoms with Crippen molar-refractivity contribution in [2.75, 3.05) is 31.1 Å². The normalized spacial score (nSPS) is 26.5. The zero-order chi connectivity index (χ0) is 19.2. The molecule has 0 radical (unpaired) electrons. The number of rotatable bonds is 3. The molecular formula is C17H21ClF3N5O. The Morgan fingerprint density at radius 3 is 2.48 bits per heavy atom. The van der Waals surface area contributed by atoms with Gasteiger partial charge >= 0.3 is 6.18 Å². The van der Waals surface area contributed by atoms with E-state index in [2.05, 4.69) is 15.8 Å². The minimum absolute atomic E-state index is 0.0291. The van der Waals surface area contributed by atoms with Gasteiger partial charge in [0.05, 0.1) is 10.6 Å². The van der Waals surface area contributed by atoms with Crippen LogP contribution in [0.5, 0.6) is 0 Å². The molecule has 1 aromatic heterocycles. The van der Waals surface area contributed by atoms with Gasteiger partial charge in [-0.2, -0.15) is 13.2 Å². The summed E-state index contributed by atoms with van der Waals surface area (Å²) in [6, 6.07) is 1.05. The first-order valence-corrected chi connectivity index (χ1v) is 9.48. The van der Waals surface area contributed by atoms with Gasteiger partial charge in [-0.15, -0.1) is 0 Å². The molecule has 1 saturated carbocycles. The fraction of sp³-hybridized carbons (Fsp3) is 0.647. The molecule has 3 heterocycles. The lowest BCUT2D eigenvalue weighted by molar-refractivity contribution is -0.138. The number of hydrogen-bond acceptors (Lipinski definition) is 5. The van der Waals surface area contributed by atoms with E-state index in [9.17, 15) is 18.0 Å². The Morgan fingerprint density at radius 2 is 1.89 bits per heavy atom. The number of carbonyl (C=O) groups excluding carboxylic acids is 1. The second-order valence-corrected chi connectivity index (χ2v) is 7.77. The van der Waals surface area contributed by atoms with Crippen LogP contribution in [0.25, 0.3) is 0 Å². The number of pyridine rings is 1. The Hall–Kier alpha value is -1.58. The number of amides is 1. The lowest BCUT2D eigenvalue weighted by Crippen LogP contribution is -2.54. The fourth-order valence-electron chi connectivity index (χ4n) is 3.73. The second-order valence-electron chi connectivity index (χ2n) is 7.36. The van der Waals surface area contributed by atoms with Crippen LogP contribution in [-0.4, -0.2) is 54.1 Å². The van der Waals surface area contributed by atoms with Gasteiger partial charge in [0.1, 0.15) is 11.9 Å². The molecule has 2 aliphatic heterocycles. The van der Waals surface area contributed by atoms with Gasteiger partial charge in [-0.25, -0.2) is 10.4 Å². The fourth-order valence-corrected chi connectivity index (χ4v) is 4.01. The van der Waals surface area contributed by atoms with Crippen molar-refractivity contribution in [2.45, 2.75) is 37.5 Å². The van der Waals surface area contributed by atoms with Gasteiger partial charge < -0.3 is 9.80 Å². The predicted molar refractivity (Wildman–Crippen MR) is 94.2 cm³/mol. The summed E-state index contributed by atoms with van der Waals surface area (Å²) in [7, 11) is 0. The van der Waals surface area contributed by atoms with Gasteiger partial charge in [-0.1, -0.05) is 11.6 Å². The van der Waals surface area contributed by atoms with E-state index in [1.165, 1.54) is 12.8 Å². The summed E-state index contributed by atoms with van der Waals surface area (Å²) >= 11 is 6.02. The molecule has 27 heavy (non-hydrogen) atoms. The number of halogens is 4. The molecule has 2 saturated heterocycles. The van der Waals surface area contributed by atoms with Crippen molar-refractivity contribution in [3.05, 3.63) is 22.8 Å². The Bertz CT molecular complexity index is 719. The number of hydrazine groups is 1. The average molecular weight is 404 g/mol. The van der Waals surface area contributed by atoms with Gasteiger partial charge in [0.2, 0.25) is 5.91 Å². The van der Waals surface area contributed by atoms with E-state index < -0.39 is 11.7 Å². The van der Waals surface area contributed by atoms with Gasteiger partial charge in [-0.05, 0) is 31.2 Å². The highest BCUT2D eigenvalue weighted by atomic mass is 35.5. The summed E-state index contributed by atoms with van der Waals surface area (Å²) in [5, 5.41) is -0.0291. The van der Waals surface area contributed by atoms with E-state index in [1.807, 2.05) is 4.90 Å². The van der Waals surface area contributed by atoms with Gasteiger partial charge in [0, 0.05) is 38.4 Å². The highest BCUT2D eigenvalue weighted by molar-refractivity contribution is 6.33. The maximum absolute atomic E-state index is 12.7. The lowest BCUT2D eigenvalue weighted by Gasteiger charge is -2.36. The van der Waals surface area contributed by atoms with Crippen LogP contribution >= 0.6 is 11.6 Å². The topological polar surface area (TPSA) is 60.5 Å². The molecule has 2 unspecified atom stereocenters. The molecule has 1 aromatic rings. The third-order valence-corrected chi connectivity index (χ3v) is 5.74. The summed E-state index contributed by atoms with van der Waals surface area (Å²) in [4.78, 5) is 20.2. The first-order valence-electron chi connectivity index (χ1n) is 9.10. The lowest BCUT2D eigenvalue weighted by atomic mass is 10.1. The van der Waals surface area contributed by atoms with Crippen LogP contribution < -0.4 is 15.8 Å². The summed E-state index contributed by atoms with van der Waals surface area (Å²) in [6.45, 7) is 1.94. The third-order valence-electron chi connectivity index (χ3n) is 5.46. The summed E-state index contributed by atoms with van der Waals surface area (Å²) < 4.78 is 38.2. The van der Waals surface area contributed by atoms with E-state index in [0.29, 0.717) is 44.0 Å². The second kappa shape index (κ2) is 7.10. The quantitative estimate of drug-likeness (QED) is 0.809. The molecule has 3 fully saturated rings. The van der Waals surface area contributed by atoms with Crippen molar-refractivity contribution in [2.24, 2.45) is 5.92 Å². The maximum atomic E-state index is 12.7.